The second-order valence-electron chi connectivity index (χ2n) is 7.21. The molecule has 7 heteroatoms. The Morgan fingerprint density at radius 1 is 1.06 bits per heavy atom. The molecule has 0 amide bonds. The number of nitrogens with one attached hydrogen (secondary N) is 1. The highest BCUT2D eigenvalue weighted by Crippen LogP contribution is 2.35. The summed E-state index contributed by atoms with van der Waals surface area (Å²) in [7, 11) is 0. The lowest BCUT2D eigenvalue weighted by molar-refractivity contribution is 0.299. The van der Waals surface area contributed by atoms with Crippen molar-refractivity contribution >= 4 is 28.0 Å². The number of hydrogen-bond donors (Lipinski definition) is 2. The molecule has 0 saturated heterocycles. The molecule has 0 fully saturated rings. The Hall–Kier alpha value is -4.31. The second-order valence-corrected chi connectivity index (χ2v) is 7.21. The van der Waals surface area contributed by atoms with Gasteiger partial charge in [0.05, 0.1) is 34.8 Å². The lowest BCUT2D eigenvalue weighted by Gasteiger charge is -2.15. The van der Waals surface area contributed by atoms with E-state index in [1.54, 1.807) is 24.5 Å². The molecule has 160 valence electrons. The predicted octanol–water partition coefficient (Wildman–Crippen LogP) is 5.11. The molecule has 0 saturated carbocycles. The number of rotatable bonds is 7. The van der Waals surface area contributed by atoms with Crippen LogP contribution in [0.2, 0.25) is 0 Å². The molecule has 3 N–H and O–H groups in total. The fourth-order valence-corrected chi connectivity index (χ4v) is 3.41. The number of ether oxygens (including phenoxy) is 2. The van der Waals surface area contributed by atoms with Crippen LogP contribution in [-0.2, 0) is 6.61 Å². The average molecular weight is 425 g/mol. The number of nitrogen functional groups attached to an aromatic ring is 1. The Balaban J connectivity index is 1.63. The van der Waals surface area contributed by atoms with Gasteiger partial charge in [-0.3, -0.25) is 9.97 Å². The third-order valence-corrected chi connectivity index (χ3v) is 4.97. The van der Waals surface area contributed by atoms with Gasteiger partial charge in [-0.25, -0.2) is 0 Å². The molecule has 4 rings (SSSR count). The maximum atomic E-state index is 9.63. The molecular formula is C25H23N5O2. The molecule has 4 aromatic rings. The maximum absolute atomic E-state index is 9.63. The zero-order valence-corrected chi connectivity index (χ0v) is 17.9. The SMILES string of the molecule is CCOc1cc2ncc(C#N)c(Nc3ccc(OCc4ccccn4)c(C)c3)c2cc1N. The molecule has 0 aliphatic carbocycles. The highest BCUT2D eigenvalue weighted by molar-refractivity contribution is 5.98. The summed E-state index contributed by atoms with van der Waals surface area (Å²) < 4.78 is 11.5. The van der Waals surface area contributed by atoms with E-state index in [1.165, 1.54) is 0 Å². The highest BCUT2D eigenvalue weighted by Gasteiger charge is 2.13. The molecule has 7 nitrogen and oxygen atoms in total. The summed E-state index contributed by atoms with van der Waals surface area (Å²) in [5.41, 5.74) is 11.1. The number of anilines is 3. The fourth-order valence-electron chi connectivity index (χ4n) is 3.41. The van der Waals surface area contributed by atoms with Gasteiger partial charge in [0.25, 0.3) is 0 Å². The van der Waals surface area contributed by atoms with Gasteiger partial charge in [-0.1, -0.05) is 6.07 Å². The molecule has 2 aromatic carbocycles. The average Bonchev–Trinajstić information content (AvgIpc) is 2.80. The number of nitriles is 1. The van der Waals surface area contributed by atoms with Gasteiger partial charge in [-0.2, -0.15) is 5.26 Å². The topological polar surface area (TPSA) is 106 Å². The van der Waals surface area contributed by atoms with E-state index < -0.39 is 0 Å². The lowest BCUT2D eigenvalue weighted by Crippen LogP contribution is -2.02. The minimum Gasteiger partial charge on any atom is -0.492 e. The molecule has 0 aliphatic rings. The molecule has 2 aromatic heterocycles. The third kappa shape index (κ3) is 4.40. The van der Waals surface area contributed by atoms with Crippen LogP contribution in [0.5, 0.6) is 11.5 Å². The first-order valence-electron chi connectivity index (χ1n) is 10.2. The van der Waals surface area contributed by atoms with Gasteiger partial charge in [-0.05, 0) is 55.8 Å². The van der Waals surface area contributed by atoms with Gasteiger partial charge in [0.1, 0.15) is 24.2 Å². The Morgan fingerprint density at radius 2 is 1.94 bits per heavy atom. The first-order valence-corrected chi connectivity index (χ1v) is 10.2. The van der Waals surface area contributed by atoms with E-state index in [1.807, 2.05) is 50.2 Å². The van der Waals surface area contributed by atoms with E-state index in [0.29, 0.717) is 41.4 Å². The number of nitrogens with two attached hydrogens (primary N) is 1. The normalized spacial score (nSPS) is 10.5. The Bertz CT molecular complexity index is 1300. The number of aromatic nitrogens is 2. The van der Waals surface area contributed by atoms with E-state index in [-0.39, 0.29) is 0 Å². The van der Waals surface area contributed by atoms with Crippen LogP contribution in [0, 0.1) is 18.3 Å². The van der Waals surface area contributed by atoms with Crippen molar-refractivity contribution in [2.24, 2.45) is 0 Å². The molecule has 32 heavy (non-hydrogen) atoms. The number of benzene rings is 2. The summed E-state index contributed by atoms with van der Waals surface area (Å²) in [5, 5.41) is 13.7. The minimum absolute atomic E-state index is 0.392. The van der Waals surface area contributed by atoms with Crippen LogP contribution >= 0.6 is 0 Å². The fraction of sp³-hybridized carbons (Fsp3) is 0.160. The van der Waals surface area contributed by atoms with Crippen molar-refractivity contribution in [3.05, 3.63) is 77.7 Å². The molecular weight excluding hydrogens is 402 g/mol. The molecule has 0 bridgehead atoms. The molecule has 2 heterocycles. The standard InChI is InChI=1S/C25H23N5O2/c1-3-31-24-12-22-20(11-21(24)27)25(17(13-26)14-29-22)30-18-7-8-23(16(2)10-18)32-15-19-6-4-5-9-28-19/h4-12,14H,3,15,27H2,1-2H3,(H,29,30). The van der Waals surface area contributed by atoms with E-state index in [0.717, 1.165) is 28.1 Å². The quantitative estimate of drug-likeness (QED) is 0.396. The van der Waals surface area contributed by atoms with Crippen molar-refractivity contribution in [1.82, 2.24) is 9.97 Å². The van der Waals surface area contributed by atoms with Crippen molar-refractivity contribution in [3.63, 3.8) is 0 Å². The summed E-state index contributed by atoms with van der Waals surface area (Å²) >= 11 is 0. The Kier molecular flexibility index (Phi) is 6.04. The Labute approximate surface area is 186 Å². The van der Waals surface area contributed by atoms with Gasteiger partial charge < -0.3 is 20.5 Å². The van der Waals surface area contributed by atoms with E-state index in [9.17, 15) is 5.26 Å². The van der Waals surface area contributed by atoms with Gasteiger partial charge in [-0.15, -0.1) is 0 Å². The second kappa shape index (κ2) is 9.23. The van der Waals surface area contributed by atoms with Crippen molar-refractivity contribution < 1.29 is 9.47 Å². The maximum Gasteiger partial charge on any atom is 0.144 e. The summed E-state index contributed by atoms with van der Waals surface area (Å²) in [6.45, 7) is 4.77. The molecule has 0 radical (unpaired) electrons. The van der Waals surface area contributed by atoms with Gasteiger partial charge in [0.15, 0.2) is 0 Å². The summed E-state index contributed by atoms with van der Waals surface area (Å²) in [6.07, 6.45) is 3.29. The first kappa shape index (κ1) is 20.9. The van der Waals surface area contributed by atoms with Gasteiger partial charge in [0.2, 0.25) is 0 Å². The number of hydrogen-bond acceptors (Lipinski definition) is 7. The molecule has 0 atom stereocenters. The van der Waals surface area contributed by atoms with Crippen molar-refractivity contribution in [1.29, 1.82) is 5.26 Å². The van der Waals surface area contributed by atoms with Crippen LogP contribution < -0.4 is 20.5 Å². The monoisotopic (exact) mass is 425 g/mol. The van der Waals surface area contributed by atoms with E-state index >= 15 is 0 Å². The lowest BCUT2D eigenvalue weighted by atomic mass is 10.1. The van der Waals surface area contributed by atoms with Crippen LogP contribution in [-0.4, -0.2) is 16.6 Å². The van der Waals surface area contributed by atoms with Crippen LogP contribution in [0.15, 0.2) is 60.9 Å². The largest absolute Gasteiger partial charge is 0.492 e. The number of aryl methyl sites for hydroxylation is 1. The van der Waals surface area contributed by atoms with E-state index in [4.69, 9.17) is 15.2 Å². The van der Waals surface area contributed by atoms with Crippen molar-refractivity contribution in [2.45, 2.75) is 20.5 Å². The molecule has 0 aliphatic heterocycles. The number of fused-ring (bicyclic) bond motifs is 1. The first-order chi connectivity index (χ1) is 15.6. The predicted molar refractivity (Wildman–Crippen MR) is 125 cm³/mol. The molecule has 0 spiro atoms. The van der Waals surface area contributed by atoms with Crippen LogP contribution in [0.3, 0.4) is 0 Å². The number of nitrogens with zero attached hydrogens (tertiary/aromatic N) is 3. The third-order valence-electron chi connectivity index (χ3n) is 4.97. The highest BCUT2D eigenvalue weighted by atomic mass is 16.5. The van der Waals surface area contributed by atoms with Crippen LogP contribution in [0.25, 0.3) is 10.9 Å². The van der Waals surface area contributed by atoms with Gasteiger partial charge in [0, 0.05) is 29.5 Å². The van der Waals surface area contributed by atoms with Gasteiger partial charge >= 0.3 is 0 Å². The van der Waals surface area contributed by atoms with Crippen LogP contribution in [0.4, 0.5) is 17.1 Å². The van der Waals surface area contributed by atoms with Crippen molar-refractivity contribution in [3.8, 4) is 17.6 Å². The smallest absolute Gasteiger partial charge is 0.144 e. The minimum atomic E-state index is 0.392. The molecule has 0 unspecified atom stereocenters. The summed E-state index contributed by atoms with van der Waals surface area (Å²) in [6, 6.07) is 17.3. The summed E-state index contributed by atoms with van der Waals surface area (Å²) in [4.78, 5) is 8.68. The van der Waals surface area contributed by atoms with E-state index in [2.05, 4.69) is 21.4 Å². The zero-order chi connectivity index (χ0) is 22.5. The van der Waals surface area contributed by atoms with Crippen molar-refractivity contribution in [2.75, 3.05) is 17.7 Å². The Morgan fingerprint density at radius 3 is 2.66 bits per heavy atom. The van der Waals surface area contributed by atoms with Crippen LogP contribution in [0.1, 0.15) is 23.7 Å². The summed E-state index contributed by atoms with van der Waals surface area (Å²) in [5.74, 6) is 1.35. The number of pyridine rings is 2. The zero-order valence-electron chi connectivity index (χ0n) is 17.9.